The number of ether oxygens (including phenoxy) is 2. The molecule has 0 unspecified atom stereocenters. The van der Waals surface area contributed by atoms with Gasteiger partial charge in [0.2, 0.25) is 5.88 Å². The van der Waals surface area contributed by atoms with Gasteiger partial charge in [-0.15, -0.1) is 0 Å². The highest BCUT2D eigenvalue weighted by molar-refractivity contribution is 6.33. The molecule has 1 aromatic carbocycles. The van der Waals surface area contributed by atoms with Crippen LogP contribution in [0.4, 0.5) is 5.88 Å². The normalized spacial score (nSPS) is 10.3. The van der Waals surface area contributed by atoms with E-state index in [2.05, 4.69) is 5.16 Å². The summed E-state index contributed by atoms with van der Waals surface area (Å²) < 4.78 is 15.1. The first-order valence-corrected chi connectivity index (χ1v) is 5.17. The molecule has 0 amide bonds. The fourth-order valence-electron chi connectivity index (χ4n) is 1.47. The van der Waals surface area contributed by atoms with Crippen LogP contribution in [-0.4, -0.2) is 19.4 Å². The second kappa shape index (κ2) is 4.55. The third-order valence-electron chi connectivity index (χ3n) is 2.28. The van der Waals surface area contributed by atoms with Crippen molar-refractivity contribution in [1.82, 2.24) is 5.16 Å². The largest absolute Gasteiger partial charge is 0.493 e. The summed E-state index contributed by atoms with van der Waals surface area (Å²) in [5.74, 6) is 1.34. The van der Waals surface area contributed by atoms with Crippen molar-refractivity contribution in [3.8, 4) is 22.8 Å². The summed E-state index contributed by atoms with van der Waals surface area (Å²) in [6.45, 7) is 0. The highest BCUT2D eigenvalue weighted by Gasteiger charge is 2.14. The number of nitrogen functional groups attached to an aromatic ring is 1. The first kappa shape index (κ1) is 11.6. The van der Waals surface area contributed by atoms with E-state index in [1.54, 1.807) is 32.4 Å². The summed E-state index contributed by atoms with van der Waals surface area (Å²) in [4.78, 5) is 0. The van der Waals surface area contributed by atoms with Crippen LogP contribution in [0.3, 0.4) is 0 Å². The monoisotopic (exact) mass is 254 g/mol. The number of aromatic nitrogens is 1. The van der Waals surface area contributed by atoms with Crippen molar-refractivity contribution < 1.29 is 14.0 Å². The van der Waals surface area contributed by atoms with E-state index in [-0.39, 0.29) is 5.88 Å². The Morgan fingerprint density at radius 1 is 1.18 bits per heavy atom. The first-order chi connectivity index (χ1) is 8.15. The molecule has 0 saturated heterocycles. The lowest BCUT2D eigenvalue weighted by molar-refractivity contribution is 0.355. The Hall–Kier alpha value is -1.88. The average Bonchev–Trinajstić information content (AvgIpc) is 2.75. The molecule has 2 aromatic rings. The van der Waals surface area contributed by atoms with Crippen LogP contribution >= 0.6 is 11.6 Å². The van der Waals surface area contributed by atoms with Crippen LogP contribution in [0.25, 0.3) is 11.3 Å². The molecule has 0 spiro atoms. The molecule has 17 heavy (non-hydrogen) atoms. The molecule has 90 valence electrons. The molecule has 0 radical (unpaired) electrons. The lowest BCUT2D eigenvalue weighted by Crippen LogP contribution is -1.92. The van der Waals surface area contributed by atoms with Crippen molar-refractivity contribution in [1.29, 1.82) is 0 Å². The Labute approximate surface area is 103 Å². The van der Waals surface area contributed by atoms with E-state index in [4.69, 9.17) is 31.3 Å². The number of halogens is 1. The molecule has 1 aromatic heterocycles. The zero-order valence-corrected chi connectivity index (χ0v) is 10.1. The van der Waals surface area contributed by atoms with Crippen LogP contribution < -0.4 is 15.2 Å². The van der Waals surface area contributed by atoms with Gasteiger partial charge in [-0.3, -0.25) is 0 Å². The second-order valence-corrected chi connectivity index (χ2v) is 3.71. The molecule has 0 aliphatic heterocycles. The van der Waals surface area contributed by atoms with Crippen LogP contribution in [0.1, 0.15) is 0 Å². The molecule has 5 nitrogen and oxygen atoms in total. The Balaban J connectivity index is 2.55. The Morgan fingerprint density at radius 3 is 2.35 bits per heavy atom. The number of nitrogens with two attached hydrogens (primary N) is 1. The summed E-state index contributed by atoms with van der Waals surface area (Å²) in [7, 11) is 3.09. The van der Waals surface area contributed by atoms with Crippen molar-refractivity contribution in [3.63, 3.8) is 0 Å². The van der Waals surface area contributed by atoms with Gasteiger partial charge in [-0.2, -0.15) is 0 Å². The molecule has 0 aliphatic carbocycles. The van der Waals surface area contributed by atoms with Gasteiger partial charge in [-0.25, -0.2) is 0 Å². The number of anilines is 1. The van der Waals surface area contributed by atoms with E-state index < -0.39 is 0 Å². The second-order valence-electron chi connectivity index (χ2n) is 3.30. The standard InChI is InChI=1S/C11H11ClN2O3/c1-15-9-3-6(7(12)4-10(9)16-2)8-5-11(13)17-14-8/h3-5H,13H2,1-2H3. The van der Waals surface area contributed by atoms with Gasteiger partial charge >= 0.3 is 0 Å². The number of benzene rings is 1. The summed E-state index contributed by atoms with van der Waals surface area (Å²) >= 11 is 6.12. The third kappa shape index (κ3) is 2.14. The topological polar surface area (TPSA) is 70.5 Å². The highest BCUT2D eigenvalue weighted by atomic mass is 35.5. The Kier molecular flexibility index (Phi) is 3.10. The van der Waals surface area contributed by atoms with Crippen LogP contribution in [0, 0.1) is 0 Å². The number of hydrogen-bond donors (Lipinski definition) is 1. The van der Waals surface area contributed by atoms with E-state index in [1.807, 2.05) is 0 Å². The van der Waals surface area contributed by atoms with Gasteiger partial charge in [-0.05, 0) is 6.07 Å². The maximum Gasteiger partial charge on any atom is 0.222 e. The fraction of sp³-hybridized carbons (Fsp3) is 0.182. The molecule has 1 heterocycles. The minimum Gasteiger partial charge on any atom is -0.493 e. The zero-order valence-electron chi connectivity index (χ0n) is 9.36. The lowest BCUT2D eigenvalue weighted by Gasteiger charge is -2.09. The lowest BCUT2D eigenvalue weighted by atomic mass is 10.1. The van der Waals surface area contributed by atoms with Crippen LogP contribution in [-0.2, 0) is 0 Å². The molecule has 0 fully saturated rings. The van der Waals surface area contributed by atoms with Gasteiger partial charge in [0.15, 0.2) is 11.5 Å². The molecule has 6 heteroatoms. The minimum atomic E-state index is 0.228. The Bertz CT molecular complexity index is 540. The van der Waals surface area contributed by atoms with E-state index in [0.29, 0.717) is 27.8 Å². The minimum absolute atomic E-state index is 0.228. The number of hydrogen-bond acceptors (Lipinski definition) is 5. The van der Waals surface area contributed by atoms with Gasteiger partial charge in [0.25, 0.3) is 0 Å². The van der Waals surface area contributed by atoms with E-state index in [9.17, 15) is 0 Å². The predicted molar refractivity (Wildman–Crippen MR) is 64.5 cm³/mol. The quantitative estimate of drug-likeness (QED) is 0.912. The SMILES string of the molecule is COc1cc(Cl)c(-c2cc(N)on2)cc1OC. The zero-order chi connectivity index (χ0) is 12.4. The maximum absolute atomic E-state index is 6.12. The van der Waals surface area contributed by atoms with Crippen molar-refractivity contribution in [2.75, 3.05) is 20.0 Å². The van der Waals surface area contributed by atoms with Crippen molar-refractivity contribution in [2.45, 2.75) is 0 Å². The summed E-state index contributed by atoms with van der Waals surface area (Å²) in [6.07, 6.45) is 0. The van der Waals surface area contributed by atoms with Gasteiger partial charge < -0.3 is 19.7 Å². The summed E-state index contributed by atoms with van der Waals surface area (Å²) in [5.41, 5.74) is 6.69. The van der Waals surface area contributed by atoms with Gasteiger partial charge in [0.05, 0.1) is 19.2 Å². The van der Waals surface area contributed by atoms with E-state index >= 15 is 0 Å². The Morgan fingerprint density at radius 2 is 1.82 bits per heavy atom. The molecular formula is C11H11ClN2O3. The van der Waals surface area contributed by atoms with Crippen molar-refractivity contribution in [2.24, 2.45) is 0 Å². The summed E-state index contributed by atoms with van der Waals surface area (Å²) in [5, 5.41) is 4.28. The van der Waals surface area contributed by atoms with Gasteiger partial charge in [0, 0.05) is 17.7 Å². The van der Waals surface area contributed by atoms with Crippen LogP contribution in [0.15, 0.2) is 22.7 Å². The number of rotatable bonds is 3. The van der Waals surface area contributed by atoms with Gasteiger partial charge in [0.1, 0.15) is 5.69 Å². The molecular weight excluding hydrogens is 244 g/mol. The van der Waals surface area contributed by atoms with Crippen LogP contribution in [0.5, 0.6) is 11.5 Å². The molecule has 2 rings (SSSR count). The molecule has 0 bridgehead atoms. The van der Waals surface area contributed by atoms with E-state index in [1.165, 1.54) is 0 Å². The van der Waals surface area contributed by atoms with Crippen LogP contribution in [0.2, 0.25) is 5.02 Å². The van der Waals surface area contributed by atoms with Crippen molar-refractivity contribution >= 4 is 17.5 Å². The average molecular weight is 255 g/mol. The maximum atomic E-state index is 6.12. The summed E-state index contributed by atoms with van der Waals surface area (Å²) in [6, 6.07) is 4.96. The number of nitrogens with zero attached hydrogens (tertiary/aromatic N) is 1. The third-order valence-corrected chi connectivity index (χ3v) is 2.59. The van der Waals surface area contributed by atoms with Crippen molar-refractivity contribution in [3.05, 3.63) is 23.2 Å². The molecule has 0 atom stereocenters. The molecule has 0 aliphatic rings. The predicted octanol–water partition coefficient (Wildman–Crippen LogP) is 2.59. The van der Waals surface area contributed by atoms with Gasteiger partial charge in [-0.1, -0.05) is 16.8 Å². The number of methoxy groups -OCH3 is 2. The highest BCUT2D eigenvalue weighted by Crippen LogP contribution is 2.38. The van der Waals surface area contributed by atoms with E-state index in [0.717, 1.165) is 0 Å². The fourth-order valence-corrected chi connectivity index (χ4v) is 1.72. The molecule has 0 saturated carbocycles. The molecule has 2 N–H and O–H groups in total. The first-order valence-electron chi connectivity index (χ1n) is 4.79. The smallest absolute Gasteiger partial charge is 0.222 e.